The van der Waals surface area contributed by atoms with Crippen LogP contribution in [-0.4, -0.2) is 16.0 Å². The van der Waals surface area contributed by atoms with Crippen molar-refractivity contribution in [3.8, 4) is 0 Å². The number of carbonyl (C=O) groups is 1. The summed E-state index contributed by atoms with van der Waals surface area (Å²) in [7, 11) is 0. The van der Waals surface area contributed by atoms with Crippen molar-refractivity contribution in [1.82, 2.24) is 9.88 Å². The second-order valence-corrected chi connectivity index (χ2v) is 6.22. The largest absolute Gasteiger partial charge is 0.350 e. The molecule has 2 aromatic rings. The van der Waals surface area contributed by atoms with E-state index in [-0.39, 0.29) is 17.5 Å². The van der Waals surface area contributed by atoms with Crippen molar-refractivity contribution in [2.24, 2.45) is 0 Å². The number of fused-ring (bicyclic) bond motifs is 1. The summed E-state index contributed by atoms with van der Waals surface area (Å²) >= 11 is 6.23. The minimum atomic E-state index is -0.295. The number of aromatic nitrogens is 1. The maximum Gasteiger partial charge on any atom is 0.243 e. The zero-order valence-electron chi connectivity index (χ0n) is 11.7. The second kappa shape index (κ2) is 4.89. The van der Waals surface area contributed by atoms with Crippen molar-refractivity contribution in [3.63, 3.8) is 0 Å². The van der Waals surface area contributed by atoms with E-state index in [1.54, 1.807) is 0 Å². The molecule has 0 spiro atoms. The molecular formula is C15H19ClN2O. The molecule has 19 heavy (non-hydrogen) atoms. The van der Waals surface area contributed by atoms with Gasteiger partial charge in [0, 0.05) is 17.1 Å². The molecule has 3 nitrogen and oxygen atoms in total. The van der Waals surface area contributed by atoms with Crippen LogP contribution in [0.1, 0.15) is 33.7 Å². The molecule has 1 N–H and O–H groups in total. The Labute approximate surface area is 118 Å². The van der Waals surface area contributed by atoms with Crippen LogP contribution in [0.5, 0.6) is 0 Å². The smallest absolute Gasteiger partial charge is 0.243 e. The van der Waals surface area contributed by atoms with Crippen LogP contribution in [-0.2, 0) is 4.79 Å². The van der Waals surface area contributed by atoms with Crippen molar-refractivity contribution in [2.45, 2.75) is 39.3 Å². The van der Waals surface area contributed by atoms with Crippen LogP contribution in [0.2, 0.25) is 5.02 Å². The summed E-state index contributed by atoms with van der Waals surface area (Å²) in [4.78, 5) is 12.2. The Bertz CT molecular complexity index is 610. The predicted molar refractivity (Wildman–Crippen MR) is 79.6 cm³/mol. The first kappa shape index (κ1) is 13.9. The number of hydrogen-bond donors (Lipinski definition) is 1. The molecule has 0 aliphatic rings. The Balaban J connectivity index is 2.37. The Kier molecular flexibility index (Phi) is 3.59. The Morgan fingerprint density at radius 3 is 2.63 bits per heavy atom. The summed E-state index contributed by atoms with van der Waals surface area (Å²) in [5.41, 5.74) is 0.665. The summed E-state index contributed by atoms with van der Waals surface area (Å²) in [5.74, 6) is -0.00933. The van der Waals surface area contributed by atoms with Gasteiger partial charge in [-0.15, -0.1) is 0 Å². The number of carbonyl (C=O) groups excluding carboxylic acids is 1. The summed E-state index contributed by atoms with van der Waals surface area (Å²) in [5, 5.41) is 4.70. The van der Waals surface area contributed by atoms with E-state index in [4.69, 9.17) is 11.6 Å². The second-order valence-electron chi connectivity index (χ2n) is 5.82. The molecule has 2 rings (SSSR count). The van der Waals surface area contributed by atoms with Gasteiger partial charge in [-0.3, -0.25) is 4.79 Å². The van der Waals surface area contributed by atoms with Gasteiger partial charge >= 0.3 is 0 Å². The van der Waals surface area contributed by atoms with Crippen molar-refractivity contribution >= 4 is 28.4 Å². The molecule has 0 saturated carbocycles. The van der Waals surface area contributed by atoms with Crippen molar-refractivity contribution in [3.05, 3.63) is 35.5 Å². The minimum Gasteiger partial charge on any atom is -0.350 e. The van der Waals surface area contributed by atoms with Crippen molar-refractivity contribution in [2.75, 3.05) is 0 Å². The average molecular weight is 279 g/mol. The van der Waals surface area contributed by atoms with Crippen LogP contribution in [0.15, 0.2) is 30.5 Å². The topological polar surface area (TPSA) is 34.0 Å². The lowest BCUT2D eigenvalue weighted by atomic mass is 10.1. The van der Waals surface area contributed by atoms with E-state index in [0.29, 0.717) is 5.02 Å². The molecule has 1 heterocycles. The first-order valence-corrected chi connectivity index (χ1v) is 6.74. The van der Waals surface area contributed by atoms with Crippen molar-refractivity contribution < 1.29 is 4.79 Å². The average Bonchev–Trinajstić information content (AvgIpc) is 2.71. The standard InChI is InChI=1S/C15H19ClN2O/c1-10(14(19)17-15(2,3)4)18-9-8-11-6-5-7-12(16)13(11)18/h5-10H,1-4H3,(H,17,19). The molecular weight excluding hydrogens is 260 g/mol. The first-order valence-electron chi connectivity index (χ1n) is 6.37. The van der Waals surface area contributed by atoms with Gasteiger partial charge in [-0.25, -0.2) is 0 Å². The van der Waals surface area contributed by atoms with Gasteiger partial charge in [0.1, 0.15) is 6.04 Å². The fourth-order valence-corrected chi connectivity index (χ4v) is 2.38. The van der Waals surface area contributed by atoms with Gasteiger partial charge in [0.2, 0.25) is 5.91 Å². The number of benzene rings is 1. The summed E-state index contributed by atoms with van der Waals surface area (Å²) in [6, 6.07) is 7.43. The molecule has 1 aromatic heterocycles. The van der Waals surface area contributed by atoms with E-state index in [1.165, 1.54) is 0 Å². The fourth-order valence-electron chi connectivity index (χ4n) is 2.10. The number of amides is 1. The van der Waals surface area contributed by atoms with E-state index in [1.807, 2.05) is 62.7 Å². The van der Waals surface area contributed by atoms with E-state index in [0.717, 1.165) is 10.9 Å². The van der Waals surface area contributed by atoms with Crippen LogP contribution in [0.4, 0.5) is 0 Å². The molecule has 0 bridgehead atoms. The van der Waals surface area contributed by atoms with Crippen LogP contribution in [0.3, 0.4) is 0 Å². The number of para-hydroxylation sites is 1. The first-order chi connectivity index (χ1) is 8.79. The highest BCUT2D eigenvalue weighted by molar-refractivity contribution is 6.35. The molecule has 0 saturated heterocycles. The third-order valence-electron chi connectivity index (χ3n) is 2.99. The fraction of sp³-hybridized carbons (Fsp3) is 0.400. The molecule has 1 unspecified atom stereocenters. The van der Waals surface area contributed by atoms with E-state index >= 15 is 0 Å². The van der Waals surface area contributed by atoms with Gasteiger partial charge in [0.15, 0.2) is 0 Å². The Hall–Kier alpha value is -1.48. The molecule has 0 radical (unpaired) electrons. The van der Waals surface area contributed by atoms with Crippen LogP contribution < -0.4 is 5.32 Å². The summed E-state index contributed by atoms with van der Waals surface area (Å²) in [6.45, 7) is 7.79. The highest BCUT2D eigenvalue weighted by atomic mass is 35.5. The van der Waals surface area contributed by atoms with Crippen LogP contribution >= 0.6 is 11.6 Å². The van der Waals surface area contributed by atoms with Gasteiger partial charge in [-0.1, -0.05) is 23.7 Å². The SMILES string of the molecule is CC(C(=O)NC(C)(C)C)n1ccc2cccc(Cl)c21. The molecule has 0 aliphatic carbocycles. The lowest BCUT2D eigenvalue weighted by Gasteiger charge is -2.24. The number of nitrogens with zero attached hydrogens (tertiary/aromatic N) is 1. The highest BCUT2D eigenvalue weighted by Gasteiger charge is 2.21. The van der Waals surface area contributed by atoms with Gasteiger partial charge in [-0.05, 0) is 39.8 Å². The number of halogens is 1. The molecule has 4 heteroatoms. The monoisotopic (exact) mass is 278 g/mol. The lowest BCUT2D eigenvalue weighted by molar-refractivity contribution is -0.125. The number of rotatable bonds is 2. The summed E-state index contributed by atoms with van der Waals surface area (Å²) in [6.07, 6.45) is 1.91. The Morgan fingerprint density at radius 1 is 1.32 bits per heavy atom. The quantitative estimate of drug-likeness (QED) is 0.891. The van der Waals surface area contributed by atoms with Gasteiger partial charge in [-0.2, -0.15) is 0 Å². The lowest BCUT2D eigenvalue weighted by Crippen LogP contribution is -2.43. The molecule has 1 atom stereocenters. The maximum atomic E-state index is 12.2. The molecule has 0 fully saturated rings. The third kappa shape index (κ3) is 2.92. The minimum absolute atomic E-state index is 0.00933. The number of hydrogen-bond acceptors (Lipinski definition) is 1. The molecule has 1 amide bonds. The van der Waals surface area contributed by atoms with E-state index < -0.39 is 0 Å². The van der Waals surface area contributed by atoms with Gasteiger partial charge < -0.3 is 9.88 Å². The van der Waals surface area contributed by atoms with E-state index in [2.05, 4.69) is 5.32 Å². The van der Waals surface area contributed by atoms with Crippen molar-refractivity contribution in [1.29, 1.82) is 0 Å². The normalized spacial score (nSPS) is 13.5. The van der Waals surface area contributed by atoms with Crippen LogP contribution in [0.25, 0.3) is 10.9 Å². The van der Waals surface area contributed by atoms with Gasteiger partial charge in [0.05, 0.1) is 10.5 Å². The van der Waals surface area contributed by atoms with Crippen LogP contribution in [0, 0.1) is 0 Å². The Morgan fingerprint density at radius 2 is 2.00 bits per heavy atom. The zero-order chi connectivity index (χ0) is 14.2. The number of nitrogens with one attached hydrogen (secondary N) is 1. The predicted octanol–water partition coefficient (Wildman–Crippen LogP) is 3.77. The summed E-state index contributed by atoms with van der Waals surface area (Å²) < 4.78 is 1.92. The molecule has 0 aliphatic heterocycles. The molecule has 102 valence electrons. The zero-order valence-corrected chi connectivity index (χ0v) is 12.5. The maximum absolute atomic E-state index is 12.2. The van der Waals surface area contributed by atoms with E-state index in [9.17, 15) is 4.79 Å². The van der Waals surface area contributed by atoms with Gasteiger partial charge in [0.25, 0.3) is 0 Å². The third-order valence-corrected chi connectivity index (χ3v) is 3.29. The highest BCUT2D eigenvalue weighted by Crippen LogP contribution is 2.27. The molecule has 1 aromatic carbocycles.